The predicted octanol–water partition coefficient (Wildman–Crippen LogP) is 2.32. The molecule has 0 atom stereocenters. The third kappa shape index (κ3) is 5.35. The maximum absolute atomic E-state index is 13.1. The van der Waals surface area contributed by atoms with Crippen LogP contribution in [-0.4, -0.2) is 46.6 Å². The molecular weight excluding hydrogens is 376 g/mol. The fraction of sp³-hybridized carbons (Fsp3) is 0.333. The molecule has 0 amide bonds. The molecule has 0 aromatic heterocycles. The van der Waals surface area contributed by atoms with Crippen LogP contribution in [0.2, 0.25) is 0 Å². The van der Waals surface area contributed by atoms with Gasteiger partial charge in [0, 0.05) is 25.7 Å². The standard InChI is InChI=1S/C18H24N2O4S.ClH/c1-23-16-8-9-17(24-2)18(14-16)25(21,22)20(13-11-19)12-10-15-6-4-3-5-7-15;/h3-9,14H,10-13,19H2,1-2H3;1H. The molecule has 0 aliphatic heterocycles. The maximum atomic E-state index is 13.1. The van der Waals surface area contributed by atoms with Crippen molar-refractivity contribution in [2.24, 2.45) is 5.73 Å². The molecule has 144 valence electrons. The van der Waals surface area contributed by atoms with Crippen LogP contribution in [0.15, 0.2) is 53.4 Å². The molecule has 2 aromatic carbocycles. The van der Waals surface area contributed by atoms with E-state index in [9.17, 15) is 8.42 Å². The van der Waals surface area contributed by atoms with E-state index in [-0.39, 0.29) is 36.1 Å². The molecule has 2 aromatic rings. The quantitative estimate of drug-likeness (QED) is 0.698. The van der Waals surface area contributed by atoms with E-state index in [2.05, 4.69) is 0 Å². The monoisotopic (exact) mass is 400 g/mol. The number of methoxy groups -OCH3 is 2. The largest absolute Gasteiger partial charge is 0.497 e. The summed E-state index contributed by atoms with van der Waals surface area (Å²) in [7, 11) is -0.827. The van der Waals surface area contributed by atoms with Crippen molar-refractivity contribution >= 4 is 22.4 Å². The highest BCUT2D eigenvalue weighted by Crippen LogP contribution is 2.30. The van der Waals surface area contributed by atoms with Crippen LogP contribution in [0.3, 0.4) is 0 Å². The SMILES string of the molecule is COc1ccc(OC)c(S(=O)(=O)N(CCN)CCc2ccccc2)c1.Cl. The predicted molar refractivity (Wildman–Crippen MR) is 105 cm³/mol. The third-order valence-corrected chi connectivity index (χ3v) is 5.78. The van der Waals surface area contributed by atoms with E-state index in [4.69, 9.17) is 15.2 Å². The summed E-state index contributed by atoms with van der Waals surface area (Å²) in [6.07, 6.45) is 0.604. The van der Waals surface area contributed by atoms with Gasteiger partial charge in [0.25, 0.3) is 0 Å². The Morgan fingerprint density at radius 2 is 1.69 bits per heavy atom. The summed E-state index contributed by atoms with van der Waals surface area (Å²) < 4.78 is 38.0. The Morgan fingerprint density at radius 3 is 2.27 bits per heavy atom. The van der Waals surface area contributed by atoms with E-state index in [0.29, 0.717) is 18.7 Å². The number of hydrogen-bond donors (Lipinski definition) is 1. The molecule has 0 fully saturated rings. The van der Waals surface area contributed by atoms with E-state index in [1.807, 2.05) is 30.3 Å². The van der Waals surface area contributed by atoms with E-state index in [1.165, 1.54) is 24.6 Å². The Hall–Kier alpha value is -1.80. The molecule has 0 saturated heterocycles. The number of halogens is 1. The molecule has 26 heavy (non-hydrogen) atoms. The summed E-state index contributed by atoms with van der Waals surface area (Å²) in [5.74, 6) is 0.734. The molecule has 0 unspecified atom stereocenters. The molecule has 0 radical (unpaired) electrons. The van der Waals surface area contributed by atoms with Gasteiger partial charge in [-0.05, 0) is 24.1 Å². The van der Waals surface area contributed by atoms with Crippen LogP contribution >= 0.6 is 12.4 Å². The third-order valence-electron chi connectivity index (χ3n) is 3.86. The van der Waals surface area contributed by atoms with Crippen molar-refractivity contribution in [3.63, 3.8) is 0 Å². The summed E-state index contributed by atoms with van der Waals surface area (Å²) in [5, 5.41) is 0. The molecule has 2 N–H and O–H groups in total. The Bertz CT molecular complexity index is 785. The zero-order valence-electron chi connectivity index (χ0n) is 14.9. The second-order valence-corrected chi connectivity index (χ2v) is 7.35. The summed E-state index contributed by atoms with van der Waals surface area (Å²) >= 11 is 0. The minimum absolute atomic E-state index is 0. The lowest BCUT2D eigenvalue weighted by Gasteiger charge is -2.23. The van der Waals surface area contributed by atoms with Crippen molar-refractivity contribution in [3.05, 3.63) is 54.1 Å². The molecule has 2 rings (SSSR count). The average Bonchev–Trinajstić information content (AvgIpc) is 2.65. The van der Waals surface area contributed by atoms with Gasteiger partial charge in [0.2, 0.25) is 10.0 Å². The molecule has 0 aliphatic carbocycles. The van der Waals surface area contributed by atoms with Gasteiger partial charge in [-0.1, -0.05) is 30.3 Å². The van der Waals surface area contributed by atoms with E-state index in [0.717, 1.165) is 5.56 Å². The lowest BCUT2D eigenvalue weighted by Crippen LogP contribution is -2.37. The van der Waals surface area contributed by atoms with Crippen LogP contribution in [-0.2, 0) is 16.4 Å². The number of ether oxygens (including phenoxy) is 2. The summed E-state index contributed by atoms with van der Waals surface area (Å²) in [6, 6.07) is 14.5. The highest BCUT2D eigenvalue weighted by Gasteiger charge is 2.27. The molecule has 8 heteroatoms. The molecule has 0 bridgehead atoms. The average molecular weight is 401 g/mol. The minimum Gasteiger partial charge on any atom is -0.497 e. The van der Waals surface area contributed by atoms with Crippen molar-refractivity contribution in [2.45, 2.75) is 11.3 Å². The van der Waals surface area contributed by atoms with E-state index >= 15 is 0 Å². The number of sulfonamides is 1. The van der Waals surface area contributed by atoms with Gasteiger partial charge in [0.1, 0.15) is 16.4 Å². The Balaban J connectivity index is 0.00000338. The second kappa shape index (κ2) is 10.4. The van der Waals surface area contributed by atoms with Gasteiger partial charge in [0.15, 0.2) is 0 Å². The van der Waals surface area contributed by atoms with Gasteiger partial charge < -0.3 is 15.2 Å². The topological polar surface area (TPSA) is 81.9 Å². The minimum atomic E-state index is -3.76. The highest BCUT2D eigenvalue weighted by molar-refractivity contribution is 7.89. The van der Waals surface area contributed by atoms with Crippen molar-refractivity contribution in [3.8, 4) is 11.5 Å². The fourth-order valence-electron chi connectivity index (χ4n) is 2.52. The van der Waals surface area contributed by atoms with Gasteiger partial charge in [-0.2, -0.15) is 4.31 Å². The van der Waals surface area contributed by atoms with Crippen molar-refractivity contribution < 1.29 is 17.9 Å². The Labute approximate surface area is 161 Å². The second-order valence-electron chi connectivity index (χ2n) is 5.45. The number of nitrogens with two attached hydrogens (primary N) is 1. The van der Waals surface area contributed by atoms with Crippen molar-refractivity contribution in [1.29, 1.82) is 0 Å². The van der Waals surface area contributed by atoms with E-state index in [1.54, 1.807) is 12.1 Å². The van der Waals surface area contributed by atoms with Gasteiger partial charge in [-0.25, -0.2) is 8.42 Å². The van der Waals surface area contributed by atoms with Gasteiger partial charge in [0.05, 0.1) is 14.2 Å². The van der Waals surface area contributed by atoms with Crippen molar-refractivity contribution in [1.82, 2.24) is 4.31 Å². The van der Waals surface area contributed by atoms with Crippen LogP contribution < -0.4 is 15.2 Å². The fourth-order valence-corrected chi connectivity index (χ4v) is 4.15. The summed E-state index contributed by atoms with van der Waals surface area (Å²) in [5.41, 5.74) is 6.70. The van der Waals surface area contributed by atoms with Crippen LogP contribution in [0.5, 0.6) is 11.5 Å². The molecular formula is C18H25ClN2O4S. The van der Waals surface area contributed by atoms with Gasteiger partial charge in [-0.15, -0.1) is 12.4 Å². The normalized spacial score (nSPS) is 11.1. The first-order chi connectivity index (χ1) is 12.0. The lowest BCUT2D eigenvalue weighted by molar-refractivity contribution is 0.383. The van der Waals surface area contributed by atoms with Crippen LogP contribution in [0, 0.1) is 0 Å². The van der Waals surface area contributed by atoms with Crippen LogP contribution in [0.4, 0.5) is 0 Å². The summed E-state index contributed by atoms with van der Waals surface area (Å²) in [6.45, 7) is 0.805. The lowest BCUT2D eigenvalue weighted by atomic mass is 10.1. The molecule has 6 nitrogen and oxygen atoms in total. The van der Waals surface area contributed by atoms with Crippen LogP contribution in [0.25, 0.3) is 0 Å². The number of rotatable bonds is 9. The highest BCUT2D eigenvalue weighted by atomic mass is 35.5. The molecule has 0 saturated carbocycles. The zero-order valence-corrected chi connectivity index (χ0v) is 16.6. The molecule has 0 aliphatic rings. The number of benzene rings is 2. The first kappa shape index (κ1) is 22.2. The van der Waals surface area contributed by atoms with Gasteiger partial charge in [-0.3, -0.25) is 0 Å². The number of nitrogens with zero attached hydrogens (tertiary/aromatic N) is 1. The summed E-state index contributed by atoms with van der Waals surface area (Å²) in [4.78, 5) is 0.0795. The smallest absolute Gasteiger partial charge is 0.246 e. The van der Waals surface area contributed by atoms with Crippen LogP contribution in [0.1, 0.15) is 5.56 Å². The van der Waals surface area contributed by atoms with Crippen molar-refractivity contribution in [2.75, 3.05) is 33.9 Å². The zero-order chi connectivity index (χ0) is 18.3. The molecule has 0 heterocycles. The Morgan fingerprint density at radius 1 is 1.00 bits per heavy atom. The molecule has 0 spiro atoms. The first-order valence-electron chi connectivity index (χ1n) is 7.99. The first-order valence-corrected chi connectivity index (χ1v) is 9.43. The van der Waals surface area contributed by atoms with E-state index < -0.39 is 10.0 Å². The number of hydrogen-bond acceptors (Lipinski definition) is 5. The maximum Gasteiger partial charge on any atom is 0.246 e. The Kier molecular flexibility index (Phi) is 8.87. The van der Waals surface area contributed by atoms with Gasteiger partial charge >= 0.3 is 0 Å².